The molecular formula is C17H26N2O3. The second kappa shape index (κ2) is 8.76. The highest BCUT2D eigenvalue weighted by Gasteiger charge is 2.17. The molecule has 1 unspecified atom stereocenters. The van der Waals surface area contributed by atoms with Gasteiger partial charge >= 0.3 is 0 Å². The van der Waals surface area contributed by atoms with E-state index in [0.29, 0.717) is 26.2 Å². The van der Waals surface area contributed by atoms with Crippen LogP contribution in [-0.4, -0.2) is 38.3 Å². The van der Waals surface area contributed by atoms with Crippen LogP contribution in [0.3, 0.4) is 0 Å². The Balaban J connectivity index is 1.85. The average Bonchev–Trinajstić information content (AvgIpc) is 2.53. The quantitative estimate of drug-likeness (QED) is 0.806. The van der Waals surface area contributed by atoms with Gasteiger partial charge in [0.25, 0.3) is 0 Å². The summed E-state index contributed by atoms with van der Waals surface area (Å²) in [5.41, 5.74) is 2.17. The third-order valence-electron chi connectivity index (χ3n) is 3.59. The summed E-state index contributed by atoms with van der Waals surface area (Å²) in [6.45, 7) is 7.43. The number of aryl methyl sites for hydroxylation is 1. The fraction of sp³-hybridized carbons (Fsp3) is 0.588. The summed E-state index contributed by atoms with van der Waals surface area (Å²) >= 11 is 0. The van der Waals surface area contributed by atoms with E-state index in [1.807, 2.05) is 25.1 Å². The fourth-order valence-electron chi connectivity index (χ4n) is 2.39. The molecule has 1 aliphatic rings. The smallest absolute Gasteiger partial charge is 0.221 e. The highest BCUT2D eigenvalue weighted by atomic mass is 16.5. The van der Waals surface area contributed by atoms with E-state index in [1.165, 1.54) is 0 Å². The first-order valence-electron chi connectivity index (χ1n) is 7.99. The minimum absolute atomic E-state index is 0.0324. The van der Waals surface area contributed by atoms with E-state index in [9.17, 15) is 4.79 Å². The van der Waals surface area contributed by atoms with Gasteiger partial charge in [-0.05, 0) is 25.0 Å². The molecule has 0 aromatic heterocycles. The van der Waals surface area contributed by atoms with Gasteiger partial charge in [0.05, 0.1) is 19.8 Å². The Kier molecular flexibility index (Phi) is 6.68. The third-order valence-corrected chi connectivity index (χ3v) is 3.59. The zero-order valence-corrected chi connectivity index (χ0v) is 13.5. The molecule has 1 amide bonds. The van der Waals surface area contributed by atoms with E-state index in [2.05, 4.69) is 17.6 Å². The molecule has 1 aromatic rings. The van der Waals surface area contributed by atoms with E-state index in [4.69, 9.17) is 9.47 Å². The van der Waals surface area contributed by atoms with Crippen molar-refractivity contribution in [2.75, 3.05) is 26.4 Å². The second-order valence-electron chi connectivity index (χ2n) is 5.67. The summed E-state index contributed by atoms with van der Waals surface area (Å²) in [5, 5.41) is 6.25. The molecule has 0 spiro atoms. The van der Waals surface area contributed by atoms with Gasteiger partial charge in [0.2, 0.25) is 5.91 Å². The highest BCUT2D eigenvalue weighted by Crippen LogP contribution is 2.20. The molecule has 5 nitrogen and oxygen atoms in total. The molecule has 0 bridgehead atoms. The molecule has 1 fully saturated rings. The van der Waals surface area contributed by atoms with Crippen LogP contribution in [0.15, 0.2) is 18.2 Å². The van der Waals surface area contributed by atoms with Crippen LogP contribution in [0.25, 0.3) is 0 Å². The van der Waals surface area contributed by atoms with Crippen LogP contribution in [0.1, 0.15) is 30.9 Å². The molecule has 2 rings (SSSR count). The SMILES string of the molecule is CCCOc1cc(C)ccc1CNC(=O)CC1COCCN1. The van der Waals surface area contributed by atoms with Gasteiger partial charge < -0.3 is 20.1 Å². The Morgan fingerprint density at radius 3 is 3.09 bits per heavy atom. The molecule has 22 heavy (non-hydrogen) atoms. The van der Waals surface area contributed by atoms with E-state index in [-0.39, 0.29) is 11.9 Å². The average molecular weight is 306 g/mol. The molecule has 2 N–H and O–H groups in total. The predicted octanol–water partition coefficient (Wildman–Crippen LogP) is 1.78. The molecule has 0 aliphatic carbocycles. The highest BCUT2D eigenvalue weighted by molar-refractivity contribution is 5.76. The van der Waals surface area contributed by atoms with Crippen LogP contribution in [-0.2, 0) is 16.1 Å². The zero-order chi connectivity index (χ0) is 15.8. The van der Waals surface area contributed by atoms with Crippen molar-refractivity contribution in [3.63, 3.8) is 0 Å². The minimum atomic E-state index is 0.0324. The number of morpholine rings is 1. The summed E-state index contributed by atoms with van der Waals surface area (Å²) in [5.74, 6) is 0.895. The molecule has 1 aromatic carbocycles. The van der Waals surface area contributed by atoms with Crippen molar-refractivity contribution in [1.82, 2.24) is 10.6 Å². The number of ether oxygens (including phenoxy) is 2. The topological polar surface area (TPSA) is 59.6 Å². The first-order chi connectivity index (χ1) is 10.7. The van der Waals surface area contributed by atoms with Gasteiger partial charge in [-0.3, -0.25) is 4.79 Å². The Morgan fingerprint density at radius 1 is 1.50 bits per heavy atom. The van der Waals surface area contributed by atoms with Crippen molar-refractivity contribution in [3.8, 4) is 5.75 Å². The molecular weight excluding hydrogens is 280 g/mol. The first kappa shape index (κ1) is 16.8. The molecule has 1 aliphatic heterocycles. The number of nitrogens with one attached hydrogen (secondary N) is 2. The van der Waals surface area contributed by atoms with Crippen LogP contribution >= 0.6 is 0 Å². The maximum Gasteiger partial charge on any atom is 0.221 e. The molecule has 122 valence electrons. The number of hydrogen-bond donors (Lipinski definition) is 2. The van der Waals surface area contributed by atoms with Crippen LogP contribution in [0.4, 0.5) is 0 Å². The van der Waals surface area contributed by atoms with Crippen LogP contribution in [0, 0.1) is 6.92 Å². The summed E-state index contributed by atoms with van der Waals surface area (Å²) in [4.78, 5) is 12.0. The Bertz CT molecular complexity index is 485. The Morgan fingerprint density at radius 2 is 2.36 bits per heavy atom. The molecule has 0 radical (unpaired) electrons. The lowest BCUT2D eigenvalue weighted by Gasteiger charge is -2.23. The summed E-state index contributed by atoms with van der Waals surface area (Å²) in [6.07, 6.45) is 1.41. The summed E-state index contributed by atoms with van der Waals surface area (Å²) < 4.78 is 11.1. The van der Waals surface area contributed by atoms with E-state index in [1.54, 1.807) is 0 Å². The predicted molar refractivity (Wildman–Crippen MR) is 86.0 cm³/mol. The van der Waals surface area contributed by atoms with Crippen molar-refractivity contribution in [1.29, 1.82) is 0 Å². The lowest BCUT2D eigenvalue weighted by atomic mass is 10.1. The number of carbonyl (C=O) groups excluding carboxylic acids is 1. The van der Waals surface area contributed by atoms with E-state index >= 15 is 0 Å². The number of amides is 1. The van der Waals surface area contributed by atoms with Gasteiger partial charge in [0.15, 0.2) is 0 Å². The summed E-state index contributed by atoms with van der Waals surface area (Å²) in [7, 11) is 0. The lowest BCUT2D eigenvalue weighted by Crippen LogP contribution is -2.44. The Hall–Kier alpha value is -1.59. The van der Waals surface area contributed by atoms with E-state index in [0.717, 1.165) is 36.4 Å². The maximum atomic E-state index is 12.0. The van der Waals surface area contributed by atoms with Crippen LogP contribution < -0.4 is 15.4 Å². The largest absolute Gasteiger partial charge is 0.493 e. The van der Waals surface area contributed by atoms with Gasteiger partial charge in [-0.1, -0.05) is 19.1 Å². The third kappa shape index (κ3) is 5.31. The zero-order valence-electron chi connectivity index (χ0n) is 13.5. The number of carbonyl (C=O) groups is 1. The maximum absolute atomic E-state index is 12.0. The second-order valence-corrected chi connectivity index (χ2v) is 5.67. The summed E-state index contributed by atoms with van der Waals surface area (Å²) in [6, 6.07) is 6.19. The van der Waals surface area contributed by atoms with Gasteiger partial charge in [0.1, 0.15) is 5.75 Å². The van der Waals surface area contributed by atoms with Crippen molar-refractivity contribution >= 4 is 5.91 Å². The van der Waals surface area contributed by atoms with Gasteiger partial charge in [-0.2, -0.15) is 0 Å². The monoisotopic (exact) mass is 306 g/mol. The van der Waals surface area contributed by atoms with Crippen LogP contribution in [0.2, 0.25) is 0 Å². The molecule has 1 heterocycles. The Labute approximate surface area is 132 Å². The minimum Gasteiger partial charge on any atom is -0.493 e. The normalized spacial score (nSPS) is 18.0. The number of hydrogen-bond acceptors (Lipinski definition) is 4. The van der Waals surface area contributed by atoms with Gasteiger partial charge in [-0.25, -0.2) is 0 Å². The standard InChI is InChI=1S/C17H26N2O3/c1-3-7-22-16-9-13(2)4-5-14(16)11-19-17(20)10-15-12-21-8-6-18-15/h4-5,9,15,18H,3,6-8,10-12H2,1-2H3,(H,19,20). The molecule has 1 atom stereocenters. The van der Waals surface area contributed by atoms with Crippen molar-refractivity contribution in [2.24, 2.45) is 0 Å². The first-order valence-corrected chi connectivity index (χ1v) is 7.99. The van der Waals surface area contributed by atoms with Crippen LogP contribution in [0.5, 0.6) is 5.75 Å². The van der Waals surface area contributed by atoms with E-state index < -0.39 is 0 Å². The van der Waals surface area contributed by atoms with Crippen molar-refractivity contribution in [2.45, 2.75) is 39.3 Å². The molecule has 1 saturated heterocycles. The van der Waals surface area contributed by atoms with Gasteiger partial charge in [-0.15, -0.1) is 0 Å². The fourth-order valence-corrected chi connectivity index (χ4v) is 2.39. The molecule has 5 heteroatoms. The number of benzene rings is 1. The molecule has 0 saturated carbocycles. The van der Waals surface area contributed by atoms with Crippen molar-refractivity contribution in [3.05, 3.63) is 29.3 Å². The lowest BCUT2D eigenvalue weighted by molar-refractivity contribution is -0.122. The van der Waals surface area contributed by atoms with Gasteiger partial charge in [0, 0.05) is 31.1 Å². The number of rotatable bonds is 7. The van der Waals surface area contributed by atoms with Crippen molar-refractivity contribution < 1.29 is 14.3 Å².